The molecular formula is C11H23NO. The van der Waals surface area contributed by atoms with Gasteiger partial charge in [-0.25, -0.2) is 0 Å². The Morgan fingerprint density at radius 3 is 2.31 bits per heavy atom. The summed E-state index contributed by atoms with van der Waals surface area (Å²) >= 11 is 0. The first-order chi connectivity index (χ1) is 6.24. The predicted molar refractivity (Wildman–Crippen MR) is 56.6 cm³/mol. The average Bonchev–Trinajstić information content (AvgIpc) is 2.16. The molecule has 0 radical (unpaired) electrons. The number of amides is 1. The molecule has 1 amide bonds. The van der Waals surface area contributed by atoms with Gasteiger partial charge in [0.1, 0.15) is 0 Å². The van der Waals surface area contributed by atoms with Crippen LogP contribution in [0.4, 0.5) is 0 Å². The zero-order chi connectivity index (χ0) is 10.1. The first-order valence-corrected chi connectivity index (χ1v) is 5.51. The zero-order valence-electron chi connectivity index (χ0n) is 9.23. The molecule has 0 saturated carbocycles. The molecule has 0 fully saturated rings. The number of carbonyl (C=O) groups excluding carboxylic acids is 1. The molecule has 0 rings (SSSR count). The maximum Gasteiger partial charge on any atom is 0.220 e. The molecule has 13 heavy (non-hydrogen) atoms. The van der Waals surface area contributed by atoms with E-state index >= 15 is 0 Å². The third-order valence-corrected chi connectivity index (χ3v) is 2.50. The normalized spacial score (nSPS) is 10.5. The van der Waals surface area contributed by atoms with E-state index in [2.05, 4.69) is 26.1 Å². The van der Waals surface area contributed by atoms with E-state index in [0.29, 0.717) is 12.3 Å². The van der Waals surface area contributed by atoms with Crippen LogP contribution in [0, 0.1) is 5.92 Å². The van der Waals surface area contributed by atoms with Crippen LogP contribution >= 0.6 is 0 Å². The van der Waals surface area contributed by atoms with Gasteiger partial charge >= 0.3 is 0 Å². The van der Waals surface area contributed by atoms with Crippen molar-refractivity contribution >= 4 is 5.91 Å². The molecule has 0 heterocycles. The van der Waals surface area contributed by atoms with E-state index in [4.69, 9.17) is 0 Å². The third-order valence-electron chi connectivity index (χ3n) is 2.50. The quantitative estimate of drug-likeness (QED) is 0.649. The highest BCUT2D eigenvalue weighted by atomic mass is 16.1. The van der Waals surface area contributed by atoms with Crippen LogP contribution in [0.3, 0.4) is 0 Å². The van der Waals surface area contributed by atoms with Crippen molar-refractivity contribution in [1.82, 2.24) is 5.32 Å². The van der Waals surface area contributed by atoms with Gasteiger partial charge in [-0.2, -0.15) is 0 Å². The van der Waals surface area contributed by atoms with E-state index in [1.165, 1.54) is 0 Å². The second-order valence-corrected chi connectivity index (χ2v) is 3.59. The second-order valence-electron chi connectivity index (χ2n) is 3.59. The van der Waals surface area contributed by atoms with Gasteiger partial charge in [-0.15, -0.1) is 0 Å². The van der Waals surface area contributed by atoms with E-state index in [-0.39, 0.29) is 5.91 Å². The topological polar surface area (TPSA) is 29.1 Å². The Morgan fingerprint density at radius 2 is 1.85 bits per heavy atom. The predicted octanol–water partition coefficient (Wildman–Crippen LogP) is 2.73. The zero-order valence-corrected chi connectivity index (χ0v) is 9.23. The summed E-state index contributed by atoms with van der Waals surface area (Å²) in [6, 6.07) is 0. The lowest BCUT2D eigenvalue weighted by Crippen LogP contribution is -2.28. The third kappa shape index (κ3) is 6.62. The molecule has 0 aliphatic heterocycles. The molecule has 0 atom stereocenters. The average molecular weight is 185 g/mol. The van der Waals surface area contributed by atoms with Crippen molar-refractivity contribution in [3.63, 3.8) is 0 Å². The van der Waals surface area contributed by atoms with E-state index < -0.39 is 0 Å². The minimum Gasteiger partial charge on any atom is -0.356 e. The van der Waals surface area contributed by atoms with Crippen molar-refractivity contribution in [2.45, 2.75) is 52.9 Å². The molecule has 0 aromatic heterocycles. The highest BCUT2D eigenvalue weighted by Gasteiger charge is 2.05. The lowest BCUT2D eigenvalue weighted by molar-refractivity contribution is -0.121. The fourth-order valence-corrected chi connectivity index (χ4v) is 1.26. The smallest absolute Gasteiger partial charge is 0.220 e. The summed E-state index contributed by atoms with van der Waals surface area (Å²) in [5.41, 5.74) is 0. The van der Waals surface area contributed by atoms with Crippen LogP contribution in [-0.2, 0) is 4.79 Å². The number of carbonyl (C=O) groups is 1. The van der Waals surface area contributed by atoms with Crippen LogP contribution in [0.5, 0.6) is 0 Å². The number of hydrogen-bond donors (Lipinski definition) is 1. The lowest BCUT2D eigenvalue weighted by Gasteiger charge is -2.12. The number of rotatable bonds is 7. The molecule has 1 N–H and O–H groups in total. The van der Waals surface area contributed by atoms with Gasteiger partial charge in [0.05, 0.1) is 0 Å². The fraction of sp³-hybridized carbons (Fsp3) is 0.909. The number of nitrogens with one attached hydrogen (secondary N) is 1. The summed E-state index contributed by atoms with van der Waals surface area (Å²) < 4.78 is 0. The van der Waals surface area contributed by atoms with Crippen LogP contribution < -0.4 is 5.32 Å². The number of hydrogen-bond acceptors (Lipinski definition) is 1. The van der Waals surface area contributed by atoms with Gasteiger partial charge in [0, 0.05) is 13.0 Å². The highest BCUT2D eigenvalue weighted by Crippen LogP contribution is 2.05. The van der Waals surface area contributed by atoms with E-state index in [1.807, 2.05) is 0 Å². The number of unbranched alkanes of at least 4 members (excludes halogenated alkanes) is 1. The maximum absolute atomic E-state index is 11.2. The van der Waals surface area contributed by atoms with Gasteiger partial charge in [-0.05, 0) is 12.3 Å². The van der Waals surface area contributed by atoms with Crippen molar-refractivity contribution in [1.29, 1.82) is 0 Å². The molecule has 2 heteroatoms. The first kappa shape index (κ1) is 12.5. The first-order valence-electron chi connectivity index (χ1n) is 5.51. The van der Waals surface area contributed by atoms with E-state index in [1.54, 1.807) is 0 Å². The van der Waals surface area contributed by atoms with Crippen LogP contribution in [0.2, 0.25) is 0 Å². The summed E-state index contributed by atoms with van der Waals surface area (Å²) in [5, 5.41) is 2.98. The minimum atomic E-state index is 0.216. The summed E-state index contributed by atoms with van der Waals surface area (Å²) in [6.07, 6.45) is 5.11. The Morgan fingerprint density at radius 1 is 1.23 bits per heavy atom. The van der Waals surface area contributed by atoms with Gasteiger partial charge in [0.25, 0.3) is 0 Å². The van der Waals surface area contributed by atoms with Crippen molar-refractivity contribution in [3.05, 3.63) is 0 Å². The molecule has 0 saturated heterocycles. The minimum absolute atomic E-state index is 0.216. The Kier molecular flexibility index (Phi) is 7.76. The standard InChI is InChI=1S/C11H23NO/c1-4-7-8-11(13)12-9-10(5-2)6-3/h10H,4-9H2,1-3H3,(H,12,13). The van der Waals surface area contributed by atoms with Crippen molar-refractivity contribution in [2.75, 3.05) is 6.54 Å². The molecule has 0 bridgehead atoms. The SMILES string of the molecule is CCCCC(=O)NCC(CC)CC. The Balaban J connectivity index is 3.44. The molecule has 0 spiro atoms. The highest BCUT2D eigenvalue weighted by molar-refractivity contribution is 5.75. The molecule has 2 nitrogen and oxygen atoms in total. The Hall–Kier alpha value is -0.530. The fourth-order valence-electron chi connectivity index (χ4n) is 1.26. The summed E-state index contributed by atoms with van der Waals surface area (Å²) in [4.78, 5) is 11.2. The second kappa shape index (κ2) is 8.09. The molecule has 0 aliphatic carbocycles. The van der Waals surface area contributed by atoms with Crippen LogP contribution in [0.15, 0.2) is 0 Å². The molecule has 0 unspecified atom stereocenters. The molecule has 0 aromatic rings. The van der Waals surface area contributed by atoms with Gasteiger partial charge in [-0.1, -0.05) is 40.0 Å². The van der Waals surface area contributed by atoms with Crippen LogP contribution in [-0.4, -0.2) is 12.5 Å². The van der Waals surface area contributed by atoms with Crippen LogP contribution in [0.25, 0.3) is 0 Å². The molecule has 0 aromatic carbocycles. The van der Waals surface area contributed by atoms with Gasteiger partial charge in [0.15, 0.2) is 0 Å². The Bertz CT molecular complexity index is 130. The molecule has 78 valence electrons. The largest absolute Gasteiger partial charge is 0.356 e. The molecule has 0 aliphatic rings. The van der Waals surface area contributed by atoms with Crippen molar-refractivity contribution in [2.24, 2.45) is 5.92 Å². The van der Waals surface area contributed by atoms with Gasteiger partial charge < -0.3 is 5.32 Å². The summed E-state index contributed by atoms with van der Waals surface area (Å²) in [7, 11) is 0. The lowest BCUT2D eigenvalue weighted by atomic mass is 10.0. The van der Waals surface area contributed by atoms with E-state index in [9.17, 15) is 4.79 Å². The summed E-state index contributed by atoms with van der Waals surface area (Å²) in [5.74, 6) is 0.874. The van der Waals surface area contributed by atoms with E-state index in [0.717, 1.165) is 32.2 Å². The molecular weight excluding hydrogens is 162 g/mol. The Labute approximate surface area is 82.1 Å². The van der Waals surface area contributed by atoms with Gasteiger partial charge in [0.2, 0.25) is 5.91 Å². The van der Waals surface area contributed by atoms with Gasteiger partial charge in [-0.3, -0.25) is 4.79 Å². The summed E-state index contributed by atoms with van der Waals surface area (Å²) in [6.45, 7) is 7.31. The van der Waals surface area contributed by atoms with Crippen molar-refractivity contribution < 1.29 is 4.79 Å². The maximum atomic E-state index is 11.2. The van der Waals surface area contributed by atoms with Crippen molar-refractivity contribution in [3.8, 4) is 0 Å². The van der Waals surface area contributed by atoms with Crippen LogP contribution in [0.1, 0.15) is 52.9 Å². The monoisotopic (exact) mass is 185 g/mol.